The number of nitrogens with one attached hydrogen (secondary N) is 1. The van der Waals surface area contributed by atoms with Gasteiger partial charge in [0.15, 0.2) is 0 Å². The summed E-state index contributed by atoms with van der Waals surface area (Å²) in [5, 5.41) is 2.92. The zero-order valence-corrected chi connectivity index (χ0v) is 15.0. The highest BCUT2D eigenvalue weighted by atomic mass is 16.2. The van der Waals surface area contributed by atoms with Crippen molar-refractivity contribution in [2.45, 2.75) is 45.2 Å². The molecule has 1 fully saturated rings. The van der Waals surface area contributed by atoms with Crippen LogP contribution in [0, 0.1) is 0 Å². The van der Waals surface area contributed by atoms with E-state index in [1.165, 1.54) is 0 Å². The number of hydrogen-bond donors (Lipinski definition) is 1. The largest absolute Gasteiger partial charge is 0.351 e. The first kappa shape index (κ1) is 18.1. The van der Waals surface area contributed by atoms with E-state index in [1.807, 2.05) is 6.92 Å². The van der Waals surface area contributed by atoms with Crippen molar-refractivity contribution in [3.8, 4) is 0 Å². The molecule has 2 aliphatic rings. The van der Waals surface area contributed by atoms with Gasteiger partial charge in [-0.2, -0.15) is 0 Å². The number of rotatable bonds is 4. The second-order valence-corrected chi connectivity index (χ2v) is 6.72. The number of likely N-dealkylation sites (tertiary alicyclic amines) is 1. The molecule has 3 rings (SSSR count). The summed E-state index contributed by atoms with van der Waals surface area (Å²) >= 11 is 0. The fourth-order valence-corrected chi connectivity index (χ4v) is 3.50. The molecular formula is C19H23N3O4. The Labute approximate surface area is 152 Å². The van der Waals surface area contributed by atoms with Crippen LogP contribution in [-0.2, 0) is 9.59 Å². The Morgan fingerprint density at radius 2 is 1.65 bits per heavy atom. The van der Waals surface area contributed by atoms with Crippen LogP contribution >= 0.6 is 0 Å². The van der Waals surface area contributed by atoms with Gasteiger partial charge >= 0.3 is 0 Å². The Kier molecular flexibility index (Phi) is 5.06. The number of hydrogen-bond acceptors (Lipinski definition) is 4. The number of carbonyl (C=O) groups is 4. The molecule has 138 valence electrons. The van der Waals surface area contributed by atoms with E-state index in [0.717, 1.165) is 4.90 Å². The monoisotopic (exact) mass is 357 g/mol. The molecule has 1 unspecified atom stereocenters. The summed E-state index contributed by atoms with van der Waals surface area (Å²) in [4.78, 5) is 52.1. The molecule has 0 radical (unpaired) electrons. The minimum absolute atomic E-state index is 0.0546. The van der Waals surface area contributed by atoms with Crippen molar-refractivity contribution in [2.75, 3.05) is 13.1 Å². The molecule has 7 nitrogen and oxygen atoms in total. The molecule has 1 aromatic rings. The zero-order chi connectivity index (χ0) is 18.8. The molecule has 1 aromatic carbocycles. The Morgan fingerprint density at radius 3 is 2.15 bits per heavy atom. The summed E-state index contributed by atoms with van der Waals surface area (Å²) in [6.45, 7) is 4.62. The number of imide groups is 1. The lowest BCUT2D eigenvalue weighted by molar-refractivity contribution is -0.132. The lowest BCUT2D eigenvalue weighted by Crippen LogP contribution is -2.53. The first-order valence-corrected chi connectivity index (χ1v) is 8.99. The summed E-state index contributed by atoms with van der Waals surface area (Å²) in [5.74, 6) is -1.10. The van der Waals surface area contributed by atoms with Crippen LogP contribution in [0.4, 0.5) is 0 Å². The van der Waals surface area contributed by atoms with Crippen molar-refractivity contribution in [3.05, 3.63) is 35.4 Å². The van der Waals surface area contributed by atoms with Gasteiger partial charge in [0.2, 0.25) is 11.8 Å². The van der Waals surface area contributed by atoms with E-state index in [2.05, 4.69) is 5.32 Å². The van der Waals surface area contributed by atoms with E-state index in [-0.39, 0.29) is 17.9 Å². The molecule has 1 N–H and O–H groups in total. The molecule has 0 aliphatic carbocycles. The minimum Gasteiger partial charge on any atom is -0.351 e. The average Bonchev–Trinajstić information content (AvgIpc) is 2.92. The van der Waals surface area contributed by atoms with Gasteiger partial charge in [0.05, 0.1) is 11.1 Å². The van der Waals surface area contributed by atoms with Gasteiger partial charge in [-0.15, -0.1) is 0 Å². The van der Waals surface area contributed by atoms with Gasteiger partial charge in [-0.05, 0) is 31.9 Å². The van der Waals surface area contributed by atoms with Gasteiger partial charge in [-0.25, -0.2) is 0 Å². The predicted octanol–water partition coefficient (Wildman–Crippen LogP) is 1.19. The summed E-state index contributed by atoms with van der Waals surface area (Å²) in [7, 11) is 0. The molecule has 0 bridgehead atoms. The smallest absolute Gasteiger partial charge is 0.262 e. The van der Waals surface area contributed by atoms with Crippen molar-refractivity contribution in [3.63, 3.8) is 0 Å². The van der Waals surface area contributed by atoms with Crippen LogP contribution < -0.4 is 5.32 Å². The Balaban J connectivity index is 1.60. The highest BCUT2D eigenvalue weighted by molar-refractivity contribution is 6.22. The summed E-state index contributed by atoms with van der Waals surface area (Å²) in [6.07, 6.45) is 1.83. The van der Waals surface area contributed by atoms with Crippen molar-refractivity contribution in [1.82, 2.24) is 15.1 Å². The van der Waals surface area contributed by atoms with Crippen LogP contribution in [0.15, 0.2) is 24.3 Å². The van der Waals surface area contributed by atoms with E-state index in [1.54, 1.807) is 36.1 Å². The van der Waals surface area contributed by atoms with Crippen LogP contribution in [0.1, 0.15) is 53.8 Å². The second kappa shape index (κ2) is 7.27. The molecule has 26 heavy (non-hydrogen) atoms. The lowest BCUT2D eigenvalue weighted by atomic mass is 10.0. The number of nitrogens with zero attached hydrogens (tertiary/aromatic N) is 2. The van der Waals surface area contributed by atoms with E-state index < -0.39 is 17.9 Å². The molecular weight excluding hydrogens is 334 g/mol. The maximum atomic E-state index is 12.6. The Morgan fingerprint density at radius 1 is 1.12 bits per heavy atom. The molecule has 7 heteroatoms. The first-order chi connectivity index (χ1) is 12.4. The van der Waals surface area contributed by atoms with E-state index in [9.17, 15) is 19.2 Å². The van der Waals surface area contributed by atoms with Crippen LogP contribution in [0.2, 0.25) is 0 Å². The van der Waals surface area contributed by atoms with Crippen LogP contribution in [0.3, 0.4) is 0 Å². The third-order valence-electron chi connectivity index (χ3n) is 5.09. The second-order valence-electron chi connectivity index (χ2n) is 6.72. The SMILES string of the molecule is CCC(=O)N1CCC(NC(=O)C(C)N2C(=O)c3ccccc3C2=O)CC1. The quantitative estimate of drug-likeness (QED) is 0.820. The van der Waals surface area contributed by atoms with Crippen molar-refractivity contribution in [1.29, 1.82) is 0 Å². The average molecular weight is 357 g/mol. The summed E-state index contributed by atoms with van der Waals surface area (Å²) in [6, 6.07) is 5.66. The number of benzene rings is 1. The van der Waals surface area contributed by atoms with Gasteiger partial charge in [0, 0.05) is 25.6 Å². The molecule has 0 aromatic heterocycles. The highest BCUT2D eigenvalue weighted by Crippen LogP contribution is 2.24. The van der Waals surface area contributed by atoms with Crippen molar-refractivity contribution in [2.24, 2.45) is 0 Å². The number of piperidine rings is 1. The van der Waals surface area contributed by atoms with Crippen LogP contribution in [-0.4, -0.2) is 58.6 Å². The highest BCUT2D eigenvalue weighted by Gasteiger charge is 2.41. The van der Waals surface area contributed by atoms with Crippen molar-refractivity contribution < 1.29 is 19.2 Å². The normalized spacial score (nSPS) is 18.7. The molecule has 0 saturated carbocycles. The molecule has 1 atom stereocenters. The fourth-order valence-electron chi connectivity index (χ4n) is 3.50. The molecule has 4 amide bonds. The van der Waals surface area contributed by atoms with Gasteiger partial charge in [-0.1, -0.05) is 19.1 Å². The van der Waals surface area contributed by atoms with E-state index >= 15 is 0 Å². The topological polar surface area (TPSA) is 86.8 Å². The molecule has 1 saturated heterocycles. The fraction of sp³-hybridized carbons (Fsp3) is 0.474. The Hall–Kier alpha value is -2.70. The predicted molar refractivity (Wildman–Crippen MR) is 94.4 cm³/mol. The Bertz CT molecular complexity index is 718. The number of fused-ring (bicyclic) bond motifs is 1. The third kappa shape index (κ3) is 3.21. The van der Waals surface area contributed by atoms with Crippen molar-refractivity contribution >= 4 is 23.6 Å². The summed E-state index contributed by atoms with van der Waals surface area (Å²) < 4.78 is 0. The van der Waals surface area contributed by atoms with E-state index in [4.69, 9.17) is 0 Å². The molecule has 2 heterocycles. The van der Waals surface area contributed by atoms with Gasteiger partial charge in [-0.3, -0.25) is 24.1 Å². The van der Waals surface area contributed by atoms with Gasteiger partial charge in [0.25, 0.3) is 11.8 Å². The standard InChI is InChI=1S/C19H23N3O4/c1-3-16(23)21-10-8-13(9-11-21)20-17(24)12(2)22-18(25)14-6-4-5-7-15(14)19(22)26/h4-7,12-13H,3,8-11H2,1-2H3,(H,20,24). The van der Waals surface area contributed by atoms with E-state index in [0.29, 0.717) is 43.5 Å². The lowest BCUT2D eigenvalue weighted by Gasteiger charge is -2.33. The minimum atomic E-state index is -0.877. The third-order valence-corrected chi connectivity index (χ3v) is 5.09. The molecule has 0 spiro atoms. The van der Waals surface area contributed by atoms with Crippen LogP contribution in [0.5, 0.6) is 0 Å². The first-order valence-electron chi connectivity index (χ1n) is 8.99. The maximum Gasteiger partial charge on any atom is 0.262 e. The van der Waals surface area contributed by atoms with Gasteiger partial charge < -0.3 is 10.2 Å². The molecule has 2 aliphatic heterocycles. The maximum absolute atomic E-state index is 12.6. The van der Waals surface area contributed by atoms with Crippen LogP contribution in [0.25, 0.3) is 0 Å². The zero-order valence-electron chi connectivity index (χ0n) is 15.0. The van der Waals surface area contributed by atoms with Gasteiger partial charge in [0.1, 0.15) is 6.04 Å². The summed E-state index contributed by atoms with van der Waals surface area (Å²) in [5.41, 5.74) is 0.673. The number of carbonyl (C=O) groups excluding carboxylic acids is 4. The number of amides is 4.